The first kappa shape index (κ1) is 18.5. The summed E-state index contributed by atoms with van der Waals surface area (Å²) in [5.41, 5.74) is 1.72. The van der Waals surface area contributed by atoms with Crippen LogP contribution in [0.15, 0.2) is 42.5 Å². The van der Waals surface area contributed by atoms with Crippen LogP contribution in [-0.2, 0) is 6.54 Å². The van der Waals surface area contributed by atoms with Gasteiger partial charge in [-0.2, -0.15) is 0 Å². The fourth-order valence-corrected chi connectivity index (χ4v) is 3.57. The van der Waals surface area contributed by atoms with Gasteiger partial charge < -0.3 is 19.3 Å². The van der Waals surface area contributed by atoms with Crippen LogP contribution in [0.4, 0.5) is 0 Å². The summed E-state index contributed by atoms with van der Waals surface area (Å²) in [6, 6.07) is 13.4. The van der Waals surface area contributed by atoms with Crippen molar-refractivity contribution < 1.29 is 19.2 Å². The summed E-state index contributed by atoms with van der Waals surface area (Å²) < 4.78 is 10.7. The summed E-state index contributed by atoms with van der Waals surface area (Å²) in [7, 11) is 3.14. The number of ether oxygens (including phenoxy) is 2. The summed E-state index contributed by atoms with van der Waals surface area (Å²) in [5, 5.41) is 0.763. The minimum atomic E-state index is -0.0406. The molecule has 1 fully saturated rings. The summed E-state index contributed by atoms with van der Waals surface area (Å²) in [6.07, 6.45) is 0. The second-order valence-electron chi connectivity index (χ2n) is 6.39. The van der Waals surface area contributed by atoms with Gasteiger partial charge in [0.1, 0.15) is 23.6 Å². The predicted molar refractivity (Wildman–Crippen MR) is 101 cm³/mol. The number of amides is 1. The van der Waals surface area contributed by atoms with E-state index >= 15 is 0 Å². The van der Waals surface area contributed by atoms with Crippen LogP contribution in [-0.4, -0.2) is 51.2 Å². The Hall–Kier alpha value is -2.24. The molecule has 0 radical (unpaired) electrons. The van der Waals surface area contributed by atoms with Crippen molar-refractivity contribution in [2.75, 3.05) is 40.4 Å². The van der Waals surface area contributed by atoms with E-state index < -0.39 is 0 Å². The standard InChI is InChI=1S/C20H23ClN2O3/c1-25-17-7-4-8-18(26-2)19(17)20(24)23-11-9-22(10-12-23)14-15-5-3-6-16(21)13-15/h3-8,13H,9-12,14H2,1-2H3/p+1. The zero-order chi connectivity index (χ0) is 18.5. The third kappa shape index (κ3) is 4.11. The van der Waals surface area contributed by atoms with E-state index in [0.717, 1.165) is 24.7 Å². The van der Waals surface area contributed by atoms with Gasteiger partial charge >= 0.3 is 0 Å². The summed E-state index contributed by atoms with van der Waals surface area (Å²) in [4.78, 5) is 16.3. The summed E-state index contributed by atoms with van der Waals surface area (Å²) >= 11 is 6.07. The van der Waals surface area contributed by atoms with Crippen molar-refractivity contribution in [2.45, 2.75) is 6.54 Å². The second kappa shape index (κ2) is 8.43. The van der Waals surface area contributed by atoms with E-state index in [0.29, 0.717) is 30.2 Å². The number of halogens is 1. The Balaban J connectivity index is 1.66. The highest BCUT2D eigenvalue weighted by atomic mass is 35.5. The van der Waals surface area contributed by atoms with Crippen LogP contribution >= 0.6 is 11.6 Å². The number of methoxy groups -OCH3 is 2. The topological polar surface area (TPSA) is 43.2 Å². The maximum absolute atomic E-state index is 13.0. The zero-order valence-corrected chi connectivity index (χ0v) is 15.9. The van der Waals surface area contributed by atoms with Gasteiger partial charge in [0.05, 0.1) is 40.4 Å². The highest BCUT2D eigenvalue weighted by Gasteiger charge is 2.28. The van der Waals surface area contributed by atoms with Crippen molar-refractivity contribution in [2.24, 2.45) is 0 Å². The highest BCUT2D eigenvalue weighted by Crippen LogP contribution is 2.29. The number of rotatable bonds is 5. The lowest BCUT2D eigenvalue weighted by Crippen LogP contribution is -3.13. The monoisotopic (exact) mass is 375 g/mol. The number of hydrogen-bond acceptors (Lipinski definition) is 3. The normalized spacial score (nSPS) is 15.0. The zero-order valence-electron chi connectivity index (χ0n) is 15.1. The molecule has 2 aromatic carbocycles. The molecule has 1 aliphatic heterocycles. The van der Waals surface area contributed by atoms with Gasteiger partial charge in [-0.25, -0.2) is 0 Å². The Morgan fingerprint density at radius 3 is 2.27 bits per heavy atom. The smallest absolute Gasteiger partial charge is 0.261 e. The average Bonchev–Trinajstić information content (AvgIpc) is 2.67. The number of hydrogen-bond donors (Lipinski definition) is 1. The van der Waals surface area contributed by atoms with Crippen LogP contribution in [0.3, 0.4) is 0 Å². The Bertz CT molecular complexity index is 751. The minimum Gasteiger partial charge on any atom is -0.496 e. The largest absolute Gasteiger partial charge is 0.496 e. The van der Waals surface area contributed by atoms with Gasteiger partial charge in [0.2, 0.25) is 0 Å². The Morgan fingerprint density at radius 2 is 1.69 bits per heavy atom. The molecule has 0 unspecified atom stereocenters. The number of quaternary nitrogens is 1. The molecule has 1 N–H and O–H groups in total. The molecular formula is C20H24ClN2O3+. The molecule has 26 heavy (non-hydrogen) atoms. The number of piperazine rings is 1. The number of nitrogens with one attached hydrogen (secondary N) is 1. The average molecular weight is 376 g/mol. The lowest BCUT2D eigenvalue weighted by Gasteiger charge is -2.32. The maximum atomic E-state index is 13.0. The van der Waals surface area contributed by atoms with Gasteiger partial charge in [-0.3, -0.25) is 4.79 Å². The molecule has 1 amide bonds. The number of benzene rings is 2. The van der Waals surface area contributed by atoms with Crippen LogP contribution in [0, 0.1) is 0 Å². The molecule has 3 rings (SSSR count). The SMILES string of the molecule is COc1cccc(OC)c1C(=O)N1CC[NH+](Cc2cccc(Cl)c2)CC1. The van der Waals surface area contributed by atoms with Crippen LogP contribution in [0.5, 0.6) is 11.5 Å². The third-order valence-corrected chi connectivity index (χ3v) is 4.98. The lowest BCUT2D eigenvalue weighted by atomic mass is 10.1. The van der Waals surface area contributed by atoms with Crippen molar-refractivity contribution in [3.8, 4) is 11.5 Å². The first-order valence-corrected chi connectivity index (χ1v) is 9.08. The fraction of sp³-hybridized carbons (Fsp3) is 0.350. The predicted octanol–water partition coefficient (Wildman–Crippen LogP) is 1.90. The van der Waals surface area contributed by atoms with Gasteiger partial charge in [0.15, 0.2) is 0 Å². The fourth-order valence-electron chi connectivity index (χ4n) is 3.36. The Kier molecular flexibility index (Phi) is 6.01. The van der Waals surface area contributed by atoms with E-state index in [1.54, 1.807) is 26.4 Å². The van der Waals surface area contributed by atoms with Gasteiger partial charge in [-0.1, -0.05) is 29.8 Å². The van der Waals surface area contributed by atoms with Crippen LogP contribution < -0.4 is 14.4 Å². The van der Waals surface area contributed by atoms with E-state index in [2.05, 4.69) is 6.07 Å². The first-order valence-electron chi connectivity index (χ1n) is 8.70. The molecule has 1 saturated heterocycles. The second-order valence-corrected chi connectivity index (χ2v) is 6.82. The molecule has 1 aliphatic rings. The van der Waals surface area contributed by atoms with Crippen molar-refractivity contribution in [3.63, 3.8) is 0 Å². The van der Waals surface area contributed by atoms with Gasteiger partial charge in [-0.15, -0.1) is 0 Å². The van der Waals surface area contributed by atoms with E-state index in [1.807, 2.05) is 29.2 Å². The summed E-state index contributed by atoms with van der Waals surface area (Å²) in [6.45, 7) is 4.12. The van der Waals surface area contributed by atoms with E-state index in [-0.39, 0.29) is 5.91 Å². The van der Waals surface area contributed by atoms with Crippen LogP contribution in [0.2, 0.25) is 5.02 Å². The van der Waals surface area contributed by atoms with Gasteiger partial charge in [0.25, 0.3) is 5.91 Å². The molecule has 5 nitrogen and oxygen atoms in total. The number of carbonyl (C=O) groups is 1. The molecule has 0 atom stereocenters. The Morgan fingerprint density at radius 1 is 1.08 bits per heavy atom. The molecule has 0 saturated carbocycles. The van der Waals surface area contributed by atoms with E-state index in [9.17, 15) is 4.79 Å². The molecule has 6 heteroatoms. The summed E-state index contributed by atoms with van der Waals surface area (Å²) in [5.74, 6) is 1.05. The van der Waals surface area contributed by atoms with E-state index in [1.165, 1.54) is 10.5 Å². The van der Waals surface area contributed by atoms with Gasteiger partial charge in [-0.05, 0) is 24.3 Å². The highest BCUT2D eigenvalue weighted by molar-refractivity contribution is 6.30. The molecule has 0 bridgehead atoms. The number of carbonyl (C=O) groups excluding carboxylic acids is 1. The molecule has 1 heterocycles. The van der Waals surface area contributed by atoms with Crippen molar-refractivity contribution in [1.29, 1.82) is 0 Å². The van der Waals surface area contributed by atoms with Crippen LogP contribution in [0.25, 0.3) is 0 Å². The molecule has 2 aromatic rings. The number of nitrogens with zero attached hydrogens (tertiary/aromatic N) is 1. The van der Waals surface area contributed by atoms with E-state index in [4.69, 9.17) is 21.1 Å². The van der Waals surface area contributed by atoms with Crippen molar-refractivity contribution in [1.82, 2.24) is 4.90 Å². The molecule has 0 aromatic heterocycles. The third-order valence-electron chi connectivity index (χ3n) is 4.74. The van der Waals surface area contributed by atoms with Crippen molar-refractivity contribution >= 4 is 17.5 Å². The van der Waals surface area contributed by atoms with Crippen molar-refractivity contribution in [3.05, 3.63) is 58.6 Å². The molecule has 138 valence electrons. The van der Waals surface area contributed by atoms with Gasteiger partial charge in [0, 0.05) is 10.6 Å². The molecular weight excluding hydrogens is 352 g/mol. The molecule has 0 spiro atoms. The minimum absolute atomic E-state index is 0.0406. The quantitative estimate of drug-likeness (QED) is 0.868. The Labute approximate surface area is 159 Å². The van der Waals surface area contributed by atoms with Crippen LogP contribution in [0.1, 0.15) is 15.9 Å². The maximum Gasteiger partial charge on any atom is 0.261 e. The first-order chi connectivity index (χ1) is 12.6. The lowest BCUT2D eigenvalue weighted by molar-refractivity contribution is -0.917. The molecule has 0 aliphatic carbocycles.